The van der Waals surface area contributed by atoms with Gasteiger partial charge in [-0.05, 0) is 84.5 Å². The Kier molecular flexibility index (Phi) is 19.7. The van der Waals surface area contributed by atoms with E-state index in [0.717, 1.165) is 95.7 Å². The number of aryl methyl sites for hydroxylation is 1. The molecule has 0 saturated carbocycles. The first-order chi connectivity index (χ1) is 42.1. The van der Waals surface area contributed by atoms with Crippen LogP contribution in [0.1, 0.15) is 86.5 Å². The van der Waals surface area contributed by atoms with Gasteiger partial charge in [-0.2, -0.15) is 4.41 Å². The lowest BCUT2D eigenvalue weighted by atomic mass is 9.85. The number of carbonyl (C=O) groups excluding carboxylic acids is 5. The van der Waals surface area contributed by atoms with Crippen LogP contribution in [0.25, 0.3) is 32.6 Å². The molecule has 4 fully saturated rings. The summed E-state index contributed by atoms with van der Waals surface area (Å²) in [7, 11) is 0. The summed E-state index contributed by atoms with van der Waals surface area (Å²) in [6.07, 6.45) is 1.98. The number of thiazole rings is 1. The summed E-state index contributed by atoms with van der Waals surface area (Å²) in [6.45, 7) is 12.7. The van der Waals surface area contributed by atoms with E-state index in [2.05, 4.69) is 40.3 Å². The van der Waals surface area contributed by atoms with Crippen LogP contribution in [0.2, 0.25) is 0 Å². The van der Waals surface area contributed by atoms with Gasteiger partial charge in [-0.3, -0.25) is 38.2 Å². The molecule has 26 heteroatoms. The molecule has 4 aliphatic rings. The minimum Gasteiger partial charge on any atom is -0.481 e. The number of ketones is 1. The molecule has 4 aliphatic heterocycles. The summed E-state index contributed by atoms with van der Waals surface area (Å²) in [4.78, 5) is 101. The van der Waals surface area contributed by atoms with Crippen molar-refractivity contribution in [2.45, 2.75) is 97.1 Å². The number of nitrogens with zero attached hydrogens (tertiary/aromatic N) is 8. The average molecular weight is 1250 g/mol. The zero-order valence-corrected chi connectivity index (χ0v) is 51.0. The Morgan fingerprint density at radius 1 is 0.875 bits per heavy atom. The van der Waals surface area contributed by atoms with Crippen LogP contribution in [0.3, 0.4) is 0 Å². The first kappa shape index (κ1) is 63.4. The maximum atomic E-state index is 16.1. The number of piperidine rings is 1. The van der Waals surface area contributed by atoms with Gasteiger partial charge >= 0.3 is 11.9 Å². The largest absolute Gasteiger partial charge is 0.481 e. The zero-order chi connectivity index (χ0) is 62.6. The van der Waals surface area contributed by atoms with Gasteiger partial charge in [0.15, 0.2) is 5.82 Å². The number of amides is 3. The van der Waals surface area contributed by atoms with Crippen molar-refractivity contribution in [1.82, 2.24) is 45.3 Å². The number of hydrazine groups is 1. The minimum atomic E-state index is -2.84. The van der Waals surface area contributed by atoms with E-state index in [1.807, 2.05) is 76.2 Å². The molecule has 468 valence electrons. The van der Waals surface area contributed by atoms with Crippen molar-refractivity contribution in [2.75, 3.05) is 81.3 Å². The molecule has 21 nitrogen and oxygen atoms in total. The quantitative estimate of drug-likeness (QED) is 0.0273. The number of rotatable bonds is 21. The molecular formula is C62H72F3N11O10S2. The number of nitrogens with one attached hydrogen (secondary N) is 3. The molecule has 0 bridgehead atoms. The Bertz CT molecular complexity index is 3570. The van der Waals surface area contributed by atoms with Crippen molar-refractivity contribution in [1.29, 1.82) is 0 Å². The second kappa shape index (κ2) is 27.4. The van der Waals surface area contributed by atoms with E-state index in [1.165, 1.54) is 22.4 Å². The molecule has 7 heterocycles. The Hall–Kier alpha value is -7.62. The molecule has 88 heavy (non-hydrogen) atoms. The van der Waals surface area contributed by atoms with Gasteiger partial charge in [0.1, 0.15) is 41.5 Å². The number of ether oxygens (including phenoxy) is 1. The van der Waals surface area contributed by atoms with Crippen LogP contribution in [0.4, 0.5) is 24.5 Å². The minimum absolute atomic E-state index is 0.00554. The number of aromatic nitrogens is 3. The van der Waals surface area contributed by atoms with Crippen LogP contribution in [0.5, 0.6) is 0 Å². The topological polar surface area (TPSA) is 254 Å². The molecule has 0 radical (unpaired) electrons. The summed E-state index contributed by atoms with van der Waals surface area (Å²) in [5, 5.41) is 16.5. The predicted molar refractivity (Wildman–Crippen MR) is 326 cm³/mol. The van der Waals surface area contributed by atoms with Gasteiger partial charge in [0, 0.05) is 99.9 Å². The maximum absolute atomic E-state index is 16.1. The summed E-state index contributed by atoms with van der Waals surface area (Å²) in [5.74, 6) is -6.26. The highest BCUT2D eigenvalue weighted by Gasteiger charge is 2.46. The molecule has 3 aromatic heterocycles. The molecule has 4 saturated heterocycles. The number of alkyl halides is 1. The summed E-state index contributed by atoms with van der Waals surface area (Å²) in [5.41, 5.74) is 5.03. The number of H-pyrrole nitrogens is 1. The standard InChI is InChI=1S/C62H72F3N11O10S2/c1-37-57(87-36-69-37)41-7-5-38(6-8-41)29-68-60(82)50-28-45(86-53(80)16-15-52(78)79)34-75(50)61(83)58(62(2,3)4)70-51(77)35-72-25-23-71(24-26-72)32-39-17-20-73(21-18-39)44-11-9-40(10-12-44)42-27-46-47(31-67-59(46)66-30-42)56(81)54-48(64)13-14-49(55(54)65)76(88(84)85)74-22-19-43(63)33-74/h5-14,27,30-31,36,39,43,45,50,58H,15-26,28-29,32-35H2,1-4H3,(H,66,67)(H,68,82)(H,70,77)(H,78,79)(H,84,85)/t43-,45-,50+,58-/m1/s1. The third-order valence-corrected chi connectivity index (χ3v) is 18.6. The lowest BCUT2D eigenvalue weighted by molar-refractivity contribution is -0.152. The number of aromatic amines is 1. The Morgan fingerprint density at radius 3 is 2.23 bits per heavy atom. The highest BCUT2D eigenvalue weighted by atomic mass is 32.2. The van der Waals surface area contributed by atoms with Crippen molar-refractivity contribution in [3.63, 3.8) is 0 Å². The van der Waals surface area contributed by atoms with Gasteiger partial charge in [-0.25, -0.2) is 32.4 Å². The van der Waals surface area contributed by atoms with E-state index in [1.54, 1.807) is 17.8 Å². The van der Waals surface area contributed by atoms with Gasteiger partial charge in [0.05, 0.1) is 54.1 Å². The second-order valence-corrected chi connectivity index (χ2v) is 25.7. The number of benzene rings is 3. The van der Waals surface area contributed by atoms with E-state index >= 15 is 8.78 Å². The van der Waals surface area contributed by atoms with Gasteiger partial charge in [-0.1, -0.05) is 57.2 Å². The predicted octanol–water partition coefficient (Wildman–Crippen LogP) is 7.13. The van der Waals surface area contributed by atoms with Crippen molar-refractivity contribution in [2.24, 2.45) is 11.3 Å². The zero-order valence-electron chi connectivity index (χ0n) is 49.4. The summed E-state index contributed by atoms with van der Waals surface area (Å²) < 4.78 is 74.2. The second-order valence-electron chi connectivity index (χ2n) is 24.1. The monoisotopic (exact) mass is 1250 g/mol. The van der Waals surface area contributed by atoms with Crippen molar-refractivity contribution < 1.29 is 60.5 Å². The third kappa shape index (κ3) is 14.7. The number of likely N-dealkylation sites (tertiary alicyclic amines) is 1. The molecule has 3 aromatic carbocycles. The number of hydrogen-bond acceptors (Lipinski definition) is 15. The number of halogens is 3. The number of fused-ring (bicyclic) bond motifs is 1. The number of pyridine rings is 1. The smallest absolute Gasteiger partial charge is 0.306 e. The van der Waals surface area contributed by atoms with E-state index < -0.39 is 99.9 Å². The highest BCUT2D eigenvalue weighted by molar-refractivity contribution is 7.80. The van der Waals surface area contributed by atoms with Crippen molar-refractivity contribution in [3.8, 4) is 21.6 Å². The normalized spacial score (nSPS) is 19.6. The van der Waals surface area contributed by atoms with Gasteiger partial charge in [-0.15, -0.1) is 11.3 Å². The molecule has 0 aliphatic carbocycles. The van der Waals surface area contributed by atoms with Crippen LogP contribution < -0.4 is 19.9 Å². The number of carboxylic acid groups (broad SMARTS) is 1. The molecular weight excluding hydrogens is 1180 g/mol. The number of anilines is 2. The van der Waals surface area contributed by atoms with Crippen molar-refractivity contribution in [3.05, 3.63) is 119 Å². The van der Waals surface area contributed by atoms with Crippen LogP contribution >= 0.6 is 11.3 Å². The number of hydrogen-bond donors (Lipinski definition) is 5. The van der Waals surface area contributed by atoms with Crippen molar-refractivity contribution >= 4 is 80.5 Å². The summed E-state index contributed by atoms with van der Waals surface area (Å²) in [6, 6.07) is 17.1. The number of carbonyl (C=O) groups is 6. The maximum Gasteiger partial charge on any atom is 0.306 e. The fourth-order valence-electron chi connectivity index (χ4n) is 12.0. The van der Waals surface area contributed by atoms with Gasteiger partial charge in [0.2, 0.25) is 23.5 Å². The molecule has 3 amide bonds. The Balaban J connectivity index is 0.701. The molecule has 10 rings (SSSR count). The number of piperazine rings is 1. The van der Waals surface area contributed by atoms with Crippen LogP contribution in [-0.4, -0.2) is 180 Å². The van der Waals surface area contributed by atoms with E-state index in [4.69, 9.17) is 9.84 Å². The fraction of sp³-hybridized carbons (Fsp3) is 0.452. The van der Waals surface area contributed by atoms with E-state index in [9.17, 15) is 41.9 Å². The van der Waals surface area contributed by atoms with Gasteiger partial charge < -0.3 is 40.2 Å². The number of aliphatic carboxylic acids is 1. The average Bonchev–Trinajstić information content (AvgIpc) is 1.95. The molecule has 0 spiro atoms. The van der Waals surface area contributed by atoms with Gasteiger partial charge in [0.25, 0.3) is 11.3 Å². The van der Waals surface area contributed by atoms with Crippen LogP contribution in [-0.2, 0) is 46.5 Å². The van der Waals surface area contributed by atoms with Crippen LogP contribution in [0, 0.1) is 29.9 Å². The molecule has 1 unspecified atom stereocenters. The molecule has 5 N–H and O–H groups in total. The van der Waals surface area contributed by atoms with E-state index in [0.29, 0.717) is 40.0 Å². The highest BCUT2D eigenvalue weighted by Crippen LogP contribution is 2.35. The van der Waals surface area contributed by atoms with Crippen LogP contribution in [0.15, 0.2) is 84.6 Å². The summed E-state index contributed by atoms with van der Waals surface area (Å²) >= 11 is -1.31. The molecule has 6 aromatic rings. The first-order valence-electron chi connectivity index (χ1n) is 29.5. The van der Waals surface area contributed by atoms with E-state index in [-0.39, 0.29) is 63.5 Å². The third-order valence-electron chi connectivity index (χ3n) is 16.9. The number of esters is 1. The lowest BCUT2D eigenvalue weighted by Crippen LogP contribution is -2.59. The first-order valence-corrected chi connectivity index (χ1v) is 31.4. The lowest BCUT2D eigenvalue weighted by Gasteiger charge is -2.39. The fourth-order valence-corrected chi connectivity index (χ4v) is 13.5. The number of carboxylic acids is 1. The molecule has 5 atom stereocenters. The Morgan fingerprint density at radius 2 is 1.58 bits per heavy atom. The Labute approximate surface area is 514 Å². The SMILES string of the molecule is Cc1ncsc1-c1ccc(CNC(=O)[C@@H]2C[C@@H](OC(=O)CCC(=O)O)CN2C(=O)[C@@H](NC(=O)CN2CCN(CC3CCN(c4ccc(-c5cnc6[nH]cc(C(=O)c7c(F)ccc(N(N8CC[C@@H](F)C8)S(=O)O)c7F)c6c5)cc4)CC3)CC2)C(C)(C)C)cc1.